The minimum Gasteiger partial charge on any atom is -0.481 e. The van der Waals surface area contributed by atoms with E-state index in [0.29, 0.717) is 11.0 Å². The normalized spacial score (nSPS) is 24.1. The third kappa shape index (κ3) is 2.61. The van der Waals surface area contributed by atoms with E-state index in [1.807, 2.05) is 6.92 Å². The highest BCUT2D eigenvalue weighted by atomic mass is 32.2. The second kappa shape index (κ2) is 4.66. The number of hydrogen-bond donors (Lipinski definition) is 1. The molecular weight excluding hydrogens is 242 g/mol. The van der Waals surface area contributed by atoms with Gasteiger partial charge in [0.1, 0.15) is 5.60 Å². The Morgan fingerprint density at radius 2 is 2.47 bits per heavy atom. The lowest BCUT2D eigenvalue weighted by Gasteiger charge is -2.18. The SMILES string of the molecule is Cn1nc(C2(C)CCCO2)nc1SCC(=O)O. The summed E-state index contributed by atoms with van der Waals surface area (Å²) in [5, 5.41) is 13.6. The monoisotopic (exact) mass is 257 g/mol. The molecule has 1 aliphatic heterocycles. The van der Waals surface area contributed by atoms with Crippen LogP contribution in [0, 0.1) is 0 Å². The van der Waals surface area contributed by atoms with Crippen molar-refractivity contribution >= 4 is 17.7 Å². The zero-order valence-electron chi connectivity index (χ0n) is 9.84. The predicted octanol–water partition coefficient (Wildman–Crippen LogP) is 1.02. The van der Waals surface area contributed by atoms with Gasteiger partial charge in [-0.05, 0) is 19.8 Å². The first kappa shape index (κ1) is 12.4. The summed E-state index contributed by atoms with van der Waals surface area (Å²) in [5.41, 5.74) is -0.417. The first-order valence-electron chi connectivity index (χ1n) is 5.41. The van der Waals surface area contributed by atoms with Gasteiger partial charge in [-0.1, -0.05) is 11.8 Å². The standard InChI is InChI=1S/C10H15N3O3S/c1-10(4-3-5-16-10)8-11-9(13(2)12-8)17-6-7(14)15/h3-6H2,1-2H3,(H,14,15). The first-order valence-corrected chi connectivity index (χ1v) is 6.40. The predicted molar refractivity (Wildman–Crippen MR) is 61.9 cm³/mol. The molecule has 1 aliphatic rings. The topological polar surface area (TPSA) is 77.2 Å². The molecule has 1 saturated heterocycles. The van der Waals surface area contributed by atoms with Crippen LogP contribution in [0.2, 0.25) is 0 Å². The molecule has 1 aromatic heterocycles. The lowest BCUT2D eigenvalue weighted by atomic mass is 10.0. The Labute approximate surface area is 103 Å². The highest BCUT2D eigenvalue weighted by Gasteiger charge is 2.36. The second-order valence-corrected chi connectivity index (χ2v) is 5.15. The number of hydrogen-bond acceptors (Lipinski definition) is 5. The summed E-state index contributed by atoms with van der Waals surface area (Å²) < 4.78 is 7.26. The smallest absolute Gasteiger partial charge is 0.313 e. The van der Waals surface area contributed by atoms with Crippen molar-refractivity contribution in [3.63, 3.8) is 0 Å². The summed E-state index contributed by atoms with van der Waals surface area (Å²) >= 11 is 1.17. The van der Waals surface area contributed by atoms with E-state index in [9.17, 15) is 4.79 Å². The number of aliphatic carboxylic acids is 1. The molecule has 0 radical (unpaired) electrons. The summed E-state index contributed by atoms with van der Waals surface area (Å²) in [6.07, 6.45) is 1.91. The fraction of sp³-hybridized carbons (Fsp3) is 0.700. The van der Waals surface area contributed by atoms with Gasteiger partial charge >= 0.3 is 5.97 Å². The number of aromatic nitrogens is 3. The summed E-state index contributed by atoms with van der Waals surface area (Å²) in [4.78, 5) is 14.9. The van der Waals surface area contributed by atoms with Gasteiger partial charge in [0.15, 0.2) is 11.0 Å². The zero-order chi connectivity index (χ0) is 12.5. The highest BCUT2D eigenvalue weighted by molar-refractivity contribution is 7.99. The quantitative estimate of drug-likeness (QED) is 0.811. The number of carboxylic acid groups (broad SMARTS) is 1. The van der Waals surface area contributed by atoms with Crippen LogP contribution in [-0.2, 0) is 22.2 Å². The van der Waals surface area contributed by atoms with Crippen molar-refractivity contribution in [1.82, 2.24) is 14.8 Å². The number of rotatable bonds is 4. The van der Waals surface area contributed by atoms with Crippen LogP contribution < -0.4 is 0 Å². The molecule has 94 valence electrons. The molecule has 17 heavy (non-hydrogen) atoms. The van der Waals surface area contributed by atoms with Crippen molar-refractivity contribution in [3.8, 4) is 0 Å². The van der Waals surface area contributed by atoms with E-state index >= 15 is 0 Å². The van der Waals surface area contributed by atoms with Crippen molar-refractivity contribution in [2.24, 2.45) is 7.05 Å². The van der Waals surface area contributed by atoms with Crippen molar-refractivity contribution in [2.75, 3.05) is 12.4 Å². The van der Waals surface area contributed by atoms with Crippen LogP contribution in [0.3, 0.4) is 0 Å². The molecule has 0 amide bonds. The lowest BCUT2D eigenvalue weighted by Crippen LogP contribution is -2.22. The van der Waals surface area contributed by atoms with Gasteiger partial charge in [-0.3, -0.25) is 4.79 Å². The minimum atomic E-state index is -0.858. The van der Waals surface area contributed by atoms with Gasteiger partial charge in [0, 0.05) is 13.7 Å². The molecule has 0 spiro atoms. The van der Waals surface area contributed by atoms with E-state index < -0.39 is 11.6 Å². The number of carboxylic acids is 1. The van der Waals surface area contributed by atoms with Crippen LogP contribution in [-0.4, -0.2) is 38.2 Å². The summed E-state index contributed by atoms with van der Waals surface area (Å²) in [6.45, 7) is 2.70. The maximum absolute atomic E-state index is 10.5. The Hall–Kier alpha value is -1.08. The van der Waals surface area contributed by atoms with E-state index in [2.05, 4.69) is 10.1 Å². The fourth-order valence-electron chi connectivity index (χ4n) is 1.80. The average molecular weight is 257 g/mol. The second-order valence-electron chi connectivity index (χ2n) is 4.21. The number of nitrogens with zero attached hydrogens (tertiary/aromatic N) is 3. The maximum atomic E-state index is 10.5. The molecule has 1 fully saturated rings. The van der Waals surface area contributed by atoms with E-state index in [1.54, 1.807) is 11.7 Å². The number of aryl methyl sites for hydroxylation is 1. The first-order chi connectivity index (χ1) is 8.01. The van der Waals surface area contributed by atoms with Crippen molar-refractivity contribution < 1.29 is 14.6 Å². The van der Waals surface area contributed by atoms with Gasteiger partial charge in [0.25, 0.3) is 0 Å². The molecule has 2 heterocycles. The Morgan fingerprint density at radius 3 is 3.06 bits per heavy atom. The summed E-state index contributed by atoms with van der Waals surface area (Å²) in [5.74, 6) is -0.225. The molecule has 0 aromatic carbocycles. The molecule has 0 saturated carbocycles. The van der Waals surface area contributed by atoms with Gasteiger partial charge < -0.3 is 9.84 Å². The summed E-state index contributed by atoms with van der Waals surface area (Å²) in [6, 6.07) is 0. The molecule has 1 aromatic rings. The average Bonchev–Trinajstić information content (AvgIpc) is 2.83. The Morgan fingerprint density at radius 1 is 1.71 bits per heavy atom. The third-order valence-corrected chi connectivity index (χ3v) is 3.74. The zero-order valence-corrected chi connectivity index (χ0v) is 10.7. The molecule has 0 aliphatic carbocycles. The molecule has 0 bridgehead atoms. The van der Waals surface area contributed by atoms with Crippen LogP contribution in [0.1, 0.15) is 25.6 Å². The highest BCUT2D eigenvalue weighted by Crippen LogP contribution is 2.34. The van der Waals surface area contributed by atoms with Gasteiger partial charge in [-0.2, -0.15) is 5.10 Å². The number of thioether (sulfide) groups is 1. The minimum absolute atomic E-state index is 0.0104. The van der Waals surface area contributed by atoms with Gasteiger partial charge in [0.05, 0.1) is 5.75 Å². The van der Waals surface area contributed by atoms with E-state index in [0.717, 1.165) is 19.4 Å². The Kier molecular flexibility index (Phi) is 3.39. The molecule has 1 unspecified atom stereocenters. The largest absolute Gasteiger partial charge is 0.481 e. The van der Waals surface area contributed by atoms with Crippen molar-refractivity contribution in [2.45, 2.75) is 30.5 Å². The van der Waals surface area contributed by atoms with E-state index in [-0.39, 0.29) is 5.75 Å². The van der Waals surface area contributed by atoms with Crippen molar-refractivity contribution in [1.29, 1.82) is 0 Å². The molecular formula is C10H15N3O3S. The summed E-state index contributed by atoms with van der Waals surface area (Å²) in [7, 11) is 1.76. The van der Waals surface area contributed by atoms with Crippen LogP contribution in [0.15, 0.2) is 5.16 Å². The molecule has 7 heteroatoms. The van der Waals surface area contributed by atoms with E-state index in [4.69, 9.17) is 9.84 Å². The number of carbonyl (C=O) groups is 1. The Bertz CT molecular complexity index is 426. The van der Waals surface area contributed by atoms with Gasteiger partial charge in [0.2, 0.25) is 0 Å². The third-order valence-electron chi connectivity index (χ3n) is 2.74. The molecule has 1 atom stereocenters. The molecule has 6 nitrogen and oxygen atoms in total. The van der Waals surface area contributed by atoms with Gasteiger partial charge in [-0.15, -0.1) is 0 Å². The van der Waals surface area contributed by atoms with Gasteiger partial charge in [-0.25, -0.2) is 9.67 Å². The van der Waals surface area contributed by atoms with Crippen LogP contribution in [0.4, 0.5) is 0 Å². The van der Waals surface area contributed by atoms with Crippen LogP contribution in [0.25, 0.3) is 0 Å². The van der Waals surface area contributed by atoms with E-state index in [1.165, 1.54) is 11.8 Å². The van der Waals surface area contributed by atoms with Crippen molar-refractivity contribution in [3.05, 3.63) is 5.82 Å². The fourth-order valence-corrected chi connectivity index (χ4v) is 2.43. The Balaban J connectivity index is 2.15. The maximum Gasteiger partial charge on any atom is 0.313 e. The lowest BCUT2D eigenvalue weighted by molar-refractivity contribution is -0.133. The molecule has 2 rings (SSSR count). The number of ether oxygens (including phenoxy) is 1. The van der Waals surface area contributed by atoms with Crippen LogP contribution >= 0.6 is 11.8 Å². The van der Waals surface area contributed by atoms with Crippen LogP contribution in [0.5, 0.6) is 0 Å². The molecule has 1 N–H and O–H groups in total.